The number of nitriles is 2. The first-order chi connectivity index (χ1) is 14.2. The van der Waals surface area contributed by atoms with Crippen LogP contribution >= 0.6 is 0 Å². The summed E-state index contributed by atoms with van der Waals surface area (Å²) < 4.78 is 1.63. The van der Waals surface area contributed by atoms with Crippen molar-refractivity contribution in [2.45, 2.75) is 6.42 Å². The third kappa shape index (κ3) is 3.65. The van der Waals surface area contributed by atoms with E-state index in [0.29, 0.717) is 5.82 Å². The zero-order chi connectivity index (χ0) is 20.2. The minimum absolute atomic E-state index is 0.151. The molecule has 1 aliphatic rings. The van der Waals surface area contributed by atoms with Gasteiger partial charge in [0.05, 0.1) is 0 Å². The number of hydrogen-bond donors (Lipinski definition) is 0. The molecule has 0 radical (unpaired) electrons. The molecule has 1 aromatic heterocycles. The monoisotopic (exact) mass is 374 g/mol. The molecule has 0 aliphatic heterocycles. The number of nitrogens with zero attached hydrogens (tertiary/aromatic N) is 4. The second-order valence-electron chi connectivity index (χ2n) is 6.81. The molecule has 2 aromatic carbocycles. The van der Waals surface area contributed by atoms with E-state index in [2.05, 4.69) is 59.6 Å². The first-order valence-electron chi connectivity index (χ1n) is 9.31. The van der Waals surface area contributed by atoms with Gasteiger partial charge in [-0.15, -0.1) is 0 Å². The molecule has 0 saturated carbocycles. The second-order valence-corrected chi connectivity index (χ2v) is 6.81. The molecule has 1 heterocycles. The van der Waals surface area contributed by atoms with Gasteiger partial charge < -0.3 is 4.57 Å². The molecule has 0 spiro atoms. The third-order valence-corrected chi connectivity index (χ3v) is 5.04. The molecule has 0 atom stereocenters. The average Bonchev–Trinajstić information content (AvgIpc) is 3.41. The number of aromatic nitrogens is 2. The first kappa shape index (κ1) is 18.2. The highest BCUT2D eigenvalue weighted by molar-refractivity contribution is 5.75. The van der Waals surface area contributed by atoms with E-state index in [1.807, 2.05) is 36.4 Å². The number of benzene rings is 2. The van der Waals surface area contributed by atoms with Crippen LogP contribution in [0.25, 0.3) is 28.9 Å². The van der Waals surface area contributed by atoms with E-state index in [4.69, 9.17) is 10.5 Å². The molecule has 0 fully saturated rings. The van der Waals surface area contributed by atoms with Crippen molar-refractivity contribution in [1.29, 1.82) is 10.5 Å². The van der Waals surface area contributed by atoms with Gasteiger partial charge in [-0.25, -0.2) is 4.98 Å². The summed E-state index contributed by atoms with van der Waals surface area (Å²) in [6, 6.07) is 20.9. The summed E-state index contributed by atoms with van der Waals surface area (Å²) in [6.07, 6.45) is 11.2. The lowest BCUT2D eigenvalue weighted by Gasteiger charge is -2.06. The van der Waals surface area contributed by atoms with Crippen molar-refractivity contribution in [3.05, 3.63) is 95.1 Å². The van der Waals surface area contributed by atoms with Crippen LogP contribution in [0.15, 0.2) is 66.8 Å². The van der Waals surface area contributed by atoms with Gasteiger partial charge in [-0.3, -0.25) is 0 Å². The van der Waals surface area contributed by atoms with Crippen LogP contribution in [0.1, 0.15) is 34.8 Å². The van der Waals surface area contributed by atoms with E-state index in [9.17, 15) is 0 Å². The Morgan fingerprint density at radius 1 is 0.897 bits per heavy atom. The van der Waals surface area contributed by atoms with E-state index >= 15 is 0 Å². The minimum Gasteiger partial charge on any atom is -0.318 e. The Bertz CT molecular complexity index is 1220. The van der Waals surface area contributed by atoms with Gasteiger partial charge in [-0.2, -0.15) is 10.5 Å². The molecule has 0 amide bonds. The maximum atomic E-state index is 9.15. The third-order valence-electron chi connectivity index (χ3n) is 5.04. The van der Waals surface area contributed by atoms with Crippen molar-refractivity contribution in [3.63, 3.8) is 0 Å². The zero-order valence-electron chi connectivity index (χ0n) is 16.0. The highest BCUT2D eigenvalue weighted by atomic mass is 15.1. The lowest BCUT2D eigenvalue weighted by atomic mass is 9.99. The molecule has 0 N–H and O–H groups in total. The molecule has 138 valence electrons. The summed E-state index contributed by atoms with van der Waals surface area (Å²) in [5.41, 5.74) is 6.40. The molecular formula is C25H18N4. The smallest absolute Gasteiger partial charge is 0.177 e. The van der Waals surface area contributed by atoms with Crippen molar-refractivity contribution in [3.8, 4) is 23.3 Å². The number of allylic oxidation sites excluding steroid dienone is 4. The van der Waals surface area contributed by atoms with Crippen molar-refractivity contribution in [2.75, 3.05) is 0 Å². The molecule has 0 bridgehead atoms. The largest absolute Gasteiger partial charge is 0.318 e. The van der Waals surface area contributed by atoms with E-state index < -0.39 is 0 Å². The lowest BCUT2D eigenvalue weighted by Crippen LogP contribution is -1.94. The zero-order valence-corrected chi connectivity index (χ0v) is 16.0. The summed E-state index contributed by atoms with van der Waals surface area (Å²) in [5, 5.41) is 18.2. The van der Waals surface area contributed by atoms with Gasteiger partial charge in [0, 0.05) is 7.05 Å². The van der Waals surface area contributed by atoms with E-state index in [1.54, 1.807) is 11.6 Å². The second kappa shape index (κ2) is 7.84. The fraction of sp³-hybridized carbons (Fsp3) is 0.0800. The highest BCUT2D eigenvalue weighted by Gasteiger charge is 2.11. The van der Waals surface area contributed by atoms with Gasteiger partial charge in [0.15, 0.2) is 11.4 Å². The Balaban J connectivity index is 1.51. The molecule has 29 heavy (non-hydrogen) atoms. The maximum Gasteiger partial charge on any atom is 0.177 e. The molecule has 0 saturated heterocycles. The Labute approximate surface area is 170 Å². The number of imidazole rings is 1. The molecule has 4 nitrogen and oxygen atoms in total. The van der Waals surface area contributed by atoms with Crippen LogP contribution < -0.4 is 0 Å². The van der Waals surface area contributed by atoms with E-state index in [1.165, 1.54) is 16.7 Å². The summed E-state index contributed by atoms with van der Waals surface area (Å²) >= 11 is 0. The number of rotatable bonds is 4. The molecular weight excluding hydrogens is 356 g/mol. The SMILES string of the molecule is Cn1c(/C=C/c2ccc(-c3ccc(C4=CC=CC4)cc3)cc2)nc(C#N)c1C#N. The summed E-state index contributed by atoms with van der Waals surface area (Å²) in [4.78, 5) is 4.20. The first-order valence-corrected chi connectivity index (χ1v) is 9.31. The van der Waals surface area contributed by atoms with E-state index in [0.717, 1.165) is 17.5 Å². The van der Waals surface area contributed by atoms with Crippen LogP contribution in [0.2, 0.25) is 0 Å². The van der Waals surface area contributed by atoms with Gasteiger partial charge in [0.2, 0.25) is 0 Å². The predicted molar refractivity (Wildman–Crippen MR) is 115 cm³/mol. The fourth-order valence-corrected chi connectivity index (χ4v) is 3.37. The quantitative estimate of drug-likeness (QED) is 0.619. The van der Waals surface area contributed by atoms with Crippen LogP contribution in [0, 0.1) is 22.7 Å². The van der Waals surface area contributed by atoms with Crippen LogP contribution in [0.4, 0.5) is 0 Å². The standard InChI is InChI=1S/C25H18N4/c1-29-24(17-27)23(16-26)28-25(29)15-8-18-6-9-20(10-7-18)22-13-11-21(12-14-22)19-4-2-3-5-19/h2-4,6-15H,5H2,1H3/b15-8+. The normalized spacial score (nSPS) is 12.7. The molecule has 3 aromatic rings. The van der Waals surface area contributed by atoms with Gasteiger partial charge >= 0.3 is 0 Å². The Morgan fingerprint density at radius 3 is 2.10 bits per heavy atom. The predicted octanol–water partition coefficient (Wildman–Crippen LogP) is 5.34. The van der Waals surface area contributed by atoms with Crippen molar-refractivity contribution < 1.29 is 0 Å². The van der Waals surface area contributed by atoms with Gasteiger partial charge in [-0.05, 0) is 40.3 Å². The van der Waals surface area contributed by atoms with Crippen molar-refractivity contribution in [1.82, 2.24) is 9.55 Å². The van der Waals surface area contributed by atoms with Gasteiger partial charge in [-0.1, -0.05) is 72.8 Å². The molecule has 4 heteroatoms. The average molecular weight is 374 g/mol. The lowest BCUT2D eigenvalue weighted by molar-refractivity contribution is 0.882. The number of hydrogen-bond acceptors (Lipinski definition) is 3. The maximum absolute atomic E-state index is 9.15. The Hall–Kier alpha value is -4.15. The fourth-order valence-electron chi connectivity index (χ4n) is 3.37. The minimum atomic E-state index is 0.151. The highest BCUT2D eigenvalue weighted by Crippen LogP contribution is 2.27. The Morgan fingerprint density at radius 2 is 1.55 bits per heavy atom. The van der Waals surface area contributed by atoms with E-state index in [-0.39, 0.29) is 11.4 Å². The molecule has 0 unspecified atom stereocenters. The van der Waals surface area contributed by atoms with Crippen molar-refractivity contribution >= 4 is 17.7 Å². The summed E-state index contributed by atoms with van der Waals surface area (Å²) in [7, 11) is 1.73. The Kier molecular flexibility index (Phi) is 4.93. The van der Waals surface area contributed by atoms with Gasteiger partial charge in [0.25, 0.3) is 0 Å². The summed E-state index contributed by atoms with van der Waals surface area (Å²) in [6.45, 7) is 0. The van der Waals surface area contributed by atoms with Gasteiger partial charge in [0.1, 0.15) is 18.0 Å². The van der Waals surface area contributed by atoms with Crippen LogP contribution in [-0.4, -0.2) is 9.55 Å². The molecule has 1 aliphatic carbocycles. The topological polar surface area (TPSA) is 65.4 Å². The van der Waals surface area contributed by atoms with Crippen LogP contribution in [-0.2, 0) is 7.05 Å². The summed E-state index contributed by atoms with van der Waals surface area (Å²) in [5.74, 6) is 0.577. The van der Waals surface area contributed by atoms with Crippen LogP contribution in [0.3, 0.4) is 0 Å². The van der Waals surface area contributed by atoms with Crippen LogP contribution in [0.5, 0.6) is 0 Å². The molecule has 4 rings (SSSR count). The van der Waals surface area contributed by atoms with Crippen molar-refractivity contribution in [2.24, 2.45) is 7.05 Å².